The molecule has 1 aliphatic heterocycles. The third-order valence-corrected chi connectivity index (χ3v) is 4.83. The van der Waals surface area contributed by atoms with Crippen LogP contribution in [0.15, 0.2) is 0 Å². The minimum atomic E-state index is -2.90. The molecule has 1 heterocycles. The zero-order valence-electron chi connectivity index (χ0n) is 9.72. The van der Waals surface area contributed by atoms with E-state index in [9.17, 15) is 13.2 Å². The zero-order chi connectivity index (χ0) is 12.3. The van der Waals surface area contributed by atoms with Gasteiger partial charge in [-0.15, -0.1) is 0 Å². The third-order valence-electron chi connectivity index (χ3n) is 3.08. The first-order valence-corrected chi connectivity index (χ1v) is 7.36. The summed E-state index contributed by atoms with van der Waals surface area (Å²) >= 11 is 0. The molecule has 94 valence electrons. The van der Waals surface area contributed by atoms with Crippen LogP contribution in [-0.2, 0) is 14.6 Å². The van der Waals surface area contributed by atoms with Gasteiger partial charge in [0.1, 0.15) is 0 Å². The van der Waals surface area contributed by atoms with E-state index in [0.717, 1.165) is 0 Å². The van der Waals surface area contributed by atoms with Gasteiger partial charge in [-0.25, -0.2) is 8.42 Å². The standard InChI is InChI=1S/C10H19NO4S/c1-3-11(8(2)6-10(12)13)9-4-5-16(14,15)7-9/h8-9H,3-7H2,1-2H3,(H,12,13). The average molecular weight is 249 g/mol. The van der Waals surface area contributed by atoms with Crippen LogP contribution in [0.5, 0.6) is 0 Å². The molecule has 0 aliphatic carbocycles. The van der Waals surface area contributed by atoms with Gasteiger partial charge in [0.2, 0.25) is 0 Å². The van der Waals surface area contributed by atoms with Crippen LogP contribution in [0.3, 0.4) is 0 Å². The molecule has 0 amide bonds. The van der Waals surface area contributed by atoms with Crippen molar-refractivity contribution < 1.29 is 18.3 Å². The van der Waals surface area contributed by atoms with Crippen LogP contribution >= 0.6 is 0 Å². The molecule has 0 aromatic rings. The van der Waals surface area contributed by atoms with E-state index < -0.39 is 15.8 Å². The summed E-state index contributed by atoms with van der Waals surface area (Å²) in [6.07, 6.45) is 0.685. The molecular formula is C10H19NO4S. The number of rotatable bonds is 5. The van der Waals surface area contributed by atoms with Gasteiger partial charge in [0, 0.05) is 12.1 Å². The van der Waals surface area contributed by atoms with Crippen LogP contribution in [0.1, 0.15) is 26.7 Å². The Bertz CT molecular complexity index is 352. The van der Waals surface area contributed by atoms with E-state index in [1.54, 1.807) is 0 Å². The SMILES string of the molecule is CCN(C(C)CC(=O)O)C1CCS(=O)(=O)C1. The summed E-state index contributed by atoms with van der Waals surface area (Å²) in [5, 5.41) is 8.73. The van der Waals surface area contributed by atoms with Gasteiger partial charge in [-0.3, -0.25) is 9.69 Å². The second kappa shape index (κ2) is 5.14. The lowest BCUT2D eigenvalue weighted by Crippen LogP contribution is -2.43. The number of carbonyl (C=O) groups is 1. The molecule has 2 unspecified atom stereocenters. The molecule has 5 nitrogen and oxygen atoms in total. The second-order valence-corrected chi connectivity index (χ2v) is 6.56. The summed E-state index contributed by atoms with van der Waals surface area (Å²) in [6, 6.07) is -0.120. The highest BCUT2D eigenvalue weighted by molar-refractivity contribution is 7.91. The fourth-order valence-electron chi connectivity index (χ4n) is 2.34. The number of nitrogens with zero attached hydrogens (tertiary/aromatic N) is 1. The highest BCUT2D eigenvalue weighted by Crippen LogP contribution is 2.20. The summed E-state index contributed by atoms with van der Waals surface area (Å²) in [6.45, 7) is 4.46. The van der Waals surface area contributed by atoms with Crippen LogP contribution in [0.4, 0.5) is 0 Å². The summed E-state index contributed by atoms with van der Waals surface area (Å²) < 4.78 is 22.7. The molecule has 1 fully saturated rings. The van der Waals surface area contributed by atoms with Crippen molar-refractivity contribution in [3.05, 3.63) is 0 Å². The molecule has 0 spiro atoms. The highest BCUT2D eigenvalue weighted by atomic mass is 32.2. The Balaban J connectivity index is 2.64. The van der Waals surface area contributed by atoms with Gasteiger partial charge in [0.05, 0.1) is 17.9 Å². The quantitative estimate of drug-likeness (QED) is 0.761. The van der Waals surface area contributed by atoms with Crippen LogP contribution in [0, 0.1) is 0 Å². The Morgan fingerprint density at radius 1 is 1.56 bits per heavy atom. The topological polar surface area (TPSA) is 74.7 Å². The van der Waals surface area contributed by atoms with Crippen LogP contribution < -0.4 is 0 Å². The van der Waals surface area contributed by atoms with E-state index in [2.05, 4.69) is 0 Å². The molecule has 6 heteroatoms. The third kappa shape index (κ3) is 3.45. The number of carboxylic acid groups (broad SMARTS) is 1. The molecule has 1 rings (SSSR count). The minimum absolute atomic E-state index is 0.00986. The van der Waals surface area contributed by atoms with E-state index >= 15 is 0 Å². The number of sulfone groups is 1. The van der Waals surface area contributed by atoms with Crippen molar-refractivity contribution in [2.75, 3.05) is 18.1 Å². The van der Waals surface area contributed by atoms with Gasteiger partial charge >= 0.3 is 5.97 Å². The molecule has 0 aromatic carbocycles. The Morgan fingerprint density at radius 2 is 2.19 bits per heavy atom. The van der Waals surface area contributed by atoms with E-state index in [-0.39, 0.29) is 30.0 Å². The van der Waals surface area contributed by atoms with Crippen molar-refractivity contribution >= 4 is 15.8 Å². The minimum Gasteiger partial charge on any atom is -0.481 e. The summed E-state index contributed by atoms with van der Waals surface area (Å²) in [4.78, 5) is 12.6. The smallest absolute Gasteiger partial charge is 0.304 e. The van der Waals surface area contributed by atoms with Gasteiger partial charge in [-0.2, -0.15) is 0 Å². The van der Waals surface area contributed by atoms with Crippen molar-refractivity contribution in [3.63, 3.8) is 0 Å². The second-order valence-electron chi connectivity index (χ2n) is 4.33. The number of carboxylic acids is 1. The molecule has 1 saturated heterocycles. The number of hydrogen-bond donors (Lipinski definition) is 1. The predicted octanol–water partition coefficient (Wildman–Crippen LogP) is 0.359. The summed E-state index contributed by atoms with van der Waals surface area (Å²) in [5.41, 5.74) is 0. The van der Waals surface area contributed by atoms with Crippen molar-refractivity contribution in [2.24, 2.45) is 0 Å². The maximum Gasteiger partial charge on any atom is 0.304 e. The Morgan fingerprint density at radius 3 is 2.56 bits per heavy atom. The molecule has 16 heavy (non-hydrogen) atoms. The lowest BCUT2D eigenvalue weighted by Gasteiger charge is -2.31. The van der Waals surface area contributed by atoms with Crippen LogP contribution in [0.25, 0.3) is 0 Å². The molecule has 2 atom stereocenters. The van der Waals surface area contributed by atoms with Gasteiger partial charge in [-0.05, 0) is 19.9 Å². The molecular weight excluding hydrogens is 230 g/mol. The lowest BCUT2D eigenvalue weighted by molar-refractivity contribution is -0.138. The Kier molecular flexibility index (Phi) is 4.32. The average Bonchev–Trinajstić information content (AvgIpc) is 2.46. The van der Waals surface area contributed by atoms with Gasteiger partial charge in [0.15, 0.2) is 9.84 Å². The molecule has 1 N–H and O–H groups in total. The van der Waals surface area contributed by atoms with Gasteiger partial charge in [0.25, 0.3) is 0 Å². The van der Waals surface area contributed by atoms with E-state index in [0.29, 0.717) is 13.0 Å². The first kappa shape index (κ1) is 13.4. The summed E-state index contributed by atoms with van der Waals surface area (Å²) in [5.74, 6) is -0.439. The molecule has 1 aliphatic rings. The van der Waals surface area contributed by atoms with E-state index in [4.69, 9.17) is 5.11 Å². The van der Waals surface area contributed by atoms with Crippen molar-refractivity contribution in [1.82, 2.24) is 4.90 Å². The van der Waals surface area contributed by atoms with Crippen LogP contribution in [0.2, 0.25) is 0 Å². The highest BCUT2D eigenvalue weighted by Gasteiger charge is 2.33. The Labute approximate surface area is 96.4 Å². The van der Waals surface area contributed by atoms with E-state index in [1.165, 1.54) is 0 Å². The molecule has 0 aromatic heterocycles. The summed E-state index contributed by atoms with van der Waals surface area (Å²) in [7, 11) is -2.90. The number of aliphatic carboxylic acids is 1. The normalized spacial score (nSPS) is 25.8. The maximum absolute atomic E-state index is 11.4. The first-order valence-electron chi connectivity index (χ1n) is 5.53. The molecule has 0 saturated carbocycles. The van der Waals surface area contributed by atoms with Crippen molar-refractivity contribution in [2.45, 2.75) is 38.8 Å². The Hall–Kier alpha value is -0.620. The first-order chi connectivity index (χ1) is 7.35. The predicted molar refractivity (Wildman–Crippen MR) is 61.2 cm³/mol. The van der Waals surface area contributed by atoms with Gasteiger partial charge in [-0.1, -0.05) is 6.92 Å². The van der Waals surface area contributed by atoms with Crippen molar-refractivity contribution in [1.29, 1.82) is 0 Å². The zero-order valence-corrected chi connectivity index (χ0v) is 10.5. The largest absolute Gasteiger partial charge is 0.481 e. The van der Waals surface area contributed by atoms with E-state index in [1.807, 2.05) is 18.7 Å². The molecule has 0 radical (unpaired) electrons. The monoisotopic (exact) mass is 249 g/mol. The van der Waals surface area contributed by atoms with Gasteiger partial charge < -0.3 is 5.11 Å². The fraction of sp³-hybridized carbons (Fsp3) is 0.900. The molecule has 0 bridgehead atoms. The van der Waals surface area contributed by atoms with Crippen molar-refractivity contribution in [3.8, 4) is 0 Å². The van der Waals surface area contributed by atoms with Crippen LogP contribution in [-0.4, -0.2) is 54.5 Å². The maximum atomic E-state index is 11.4. The fourth-order valence-corrected chi connectivity index (χ4v) is 4.08. The number of hydrogen-bond acceptors (Lipinski definition) is 4. The lowest BCUT2D eigenvalue weighted by atomic mass is 10.1.